The Kier molecular flexibility index (Phi) is 5.91. The van der Waals surface area contributed by atoms with Crippen molar-refractivity contribution in [2.45, 2.75) is 31.7 Å². The van der Waals surface area contributed by atoms with Gasteiger partial charge in [0.25, 0.3) is 0 Å². The molecule has 1 saturated heterocycles. The molecule has 1 heterocycles. The number of rotatable bonds is 6. The van der Waals surface area contributed by atoms with Crippen LogP contribution >= 0.6 is 11.6 Å². The molecule has 3 N–H and O–H groups in total. The van der Waals surface area contributed by atoms with Crippen molar-refractivity contribution in [3.8, 4) is 5.75 Å². The van der Waals surface area contributed by atoms with Crippen LogP contribution < -0.4 is 15.4 Å². The fraction of sp³-hybridized carbons (Fsp3) is 0.316. The summed E-state index contributed by atoms with van der Waals surface area (Å²) in [5.41, 5.74) is 1.98. The topological polar surface area (TPSA) is 70.6 Å². The van der Waals surface area contributed by atoms with E-state index in [2.05, 4.69) is 10.6 Å². The van der Waals surface area contributed by atoms with Crippen LogP contribution in [0.4, 0.5) is 0 Å². The van der Waals surface area contributed by atoms with E-state index in [9.17, 15) is 9.90 Å². The van der Waals surface area contributed by atoms with Gasteiger partial charge in [-0.2, -0.15) is 0 Å². The predicted molar refractivity (Wildman–Crippen MR) is 96.5 cm³/mol. The van der Waals surface area contributed by atoms with Crippen molar-refractivity contribution in [1.82, 2.24) is 10.6 Å². The van der Waals surface area contributed by atoms with Crippen LogP contribution in [0.15, 0.2) is 48.5 Å². The third kappa shape index (κ3) is 4.72. The maximum atomic E-state index is 12.2. The Labute approximate surface area is 152 Å². The van der Waals surface area contributed by atoms with E-state index in [0.29, 0.717) is 36.9 Å². The lowest BCUT2D eigenvalue weighted by Crippen LogP contribution is -2.40. The molecule has 2 aromatic carbocycles. The molecule has 0 unspecified atom stereocenters. The van der Waals surface area contributed by atoms with Gasteiger partial charge in [0.1, 0.15) is 12.4 Å². The van der Waals surface area contributed by atoms with Crippen LogP contribution in [0.3, 0.4) is 0 Å². The highest BCUT2D eigenvalue weighted by Gasteiger charge is 2.27. The Balaban J connectivity index is 1.59. The van der Waals surface area contributed by atoms with Gasteiger partial charge in [0.05, 0.1) is 17.2 Å². The van der Waals surface area contributed by atoms with E-state index in [-0.39, 0.29) is 11.9 Å². The number of ether oxygens (including phenoxy) is 1. The molecule has 132 valence electrons. The fourth-order valence-electron chi connectivity index (χ4n) is 2.81. The Hall–Kier alpha value is -2.08. The third-order valence-electron chi connectivity index (χ3n) is 4.22. The van der Waals surface area contributed by atoms with E-state index in [1.165, 1.54) is 0 Å². The van der Waals surface area contributed by atoms with Crippen LogP contribution in [0, 0.1) is 0 Å². The number of hydrogen-bond donors (Lipinski definition) is 3. The number of amides is 1. The minimum Gasteiger partial charge on any atom is -0.487 e. The molecule has 0 aliphatic carbocycles. The van der Waals surface area contributed by atoms with Crippen LogP contribution in [0.25, 0.3) is 0 Å². The van der Waals surface area contributed by atoms with E-state index < -0.39 is 6.10 Å². The second-order valence-corrected chi connectivity index (χ2v) is 6.46. The number of nitrogens with one attached hydrogen (secondary N) is 2. The highest BCUT2D eigenvalue weighted by Crippen LogP contribution is 2.24. The van der Waals surface area contributed by atoms with Gasteiger partial charge in [-0.25, -0.2) is 0 Å². The first-order valence-electron chi connectivity index (χ1n) is 8.27. The van der Waals surface area contributed by atoms with E-state index >= 15 is 0 Å². The lowest BCUT2D eigenvalue weighted by molar-refractivity contribution is -0.123. The number of carbonyl (C=O) groups is 1. The zero-order valence-electron chi connectivity index (χ0n) is 13.7. The average molecular weight is 361 g/mol. The molecule has 0 saturated carbocycles. The number of para-hydroxylation sites is 1. The van der Waals surface area contributed by atoms with Gasteiger partial charge in [-0.3, -0.25) is 4.79 Å². The molecule has 25 heavy (non-hydrogen) atoms. The van der Waals surface area contributed by atoms with Gasteiger partial charge in [-0.05, 0) is 29.7 Å². The lowest BCUT2D eigenvalue weighted by Gasteiger charge is -2.14. The molecule has 1 fully saturated rings. The number of aliphatic hydroxyl groups excluding tert-OH is 1. The number of hydrogen-bond acceptors (Lipinski definition) is 4. The molecule has 0 radical (unpaired) electrons. The molecule has 1 aliphatic heterocycles. The fourth-order valence-corrected chi connectivity index (χ4v) is 3.00. The van der Waals surface area contributed by atoms with E-state index in [1.54, 1.807) is 6.07 Å². The zero-order valence-corrected chi connectivity index (χ0v) is 14.5. The maximum Gasteiger partial charge on any atom is 0.237 e. The Morgan fingerprint density at radius 3 is 2.64 bits per heavy atom. The predicted octanol–water partition coefficient (Wildman–Crippen LogP) is 2.26. The summed E-state index contributed by atoms with van der Waals surface area (Å²) >= 11 is 6.11. The minimum atomic E-state index is -0.452. The van der Waals surface area contributed by atoms with E-state index in [0.717, 1.165) is 11.1 Å². The molecule has 0 aromatic heterocycles. The maximum absolute atomic E-state index is 12.2. The first kappa shape index (κ1) is 17.7. The second-order valence-electron chi connectivity index (χ2n) is 6.06. The van der Waals surface area contributed by atoms with Crippen LogP contribution in [-0.2, 0) is 17.9 Å². The van der Waals surface area contributed by atoms with Crippen molar-refractivity contribution >= 4 is 17.5 Å². The molecule has 1 amide bonds. The van der Waals surface area contributed by atoms with Crippen LogP contribution in [0.2, 0.25) is 5.02 Å². The monoisotopic (exact) mass is 360 g/mol. The van der Waals surface area contributed by atoms with Gasteiger partial charge in [0.15, 0.2) is 0 Å². The Bertz CT molecular complexity index is 738. The first-order valence-corrected chi connectivity index (χ1v) is 8.64. The molecule has 5 nitrogen and oxygen atoms in total. The molecule has 2 aromatic rings. The smallest absolute Gasteiger partial charge is 0.237 e. The van der Waals surface area contributed by atoms with Crippen molar-refractivity contribution in [2.24, 2.45) is 0 Å². The SMILES string of the molecule is O=C(NCc1ccccc1COc1ccccc1Cl)[C@H]1C[C@H](O)CN1. The van der Waals surface area contributed by atoms with Gasteiger partial charge in [0.2, 0.25) is 5.91 Å². The molecule has 6 heteroatoms. The summed E-state index contributed by atoms with van der Waals surface area (Å²) in [4.78, 5) is 12.2. The summed E-state index contributed by atoms with van der Waals surface area (Å²) in [6.07, 6.45) is -0.00428. The summed E-state index contributed by atoms with van der Waals surface area (Å²) in [6.45, 7) is 1.24. The van der Waals surface area contributed by atoms with Crippen LogP contribution in [0.5, 0.6) is 5.75 Å². The van der Waals surface area contributed by atoms with E-state index in [1.807, 2.05) is 42.5 Å². The van der Waals surface area contributed by atoms with Gasteiger partial charge < -0.3 is 20.5 Å². The summed E-state index contributed by atoms with van der Waals surface area (Å²) in [7, 11) is 0. The third-order valence-corrected chi connectivity index (χ3v) is 4.53. The average Bonchev–Trinajstić information content (AvgIpc) is 3.06. The zero-order chi connectivity index (χ0) is 17.6. The quantitative estimate of drug-likeness (QED) is 0.739. The lowest BCUT2D eigenvalue weighted by atomic mass is 10.1. The van der Waals surface area contributed by atoms with Crippen molar-refractivity contribution in [2.75, 3.05) is 6.54 Å². The number of halogens is 1. The Morgan fingerprint density at radius 1 is 1.20 bits per heavy atom. The normalized spacial score (nSPS) is 19.6. The number of β-amino-alcohol motifs (C(OH)–C–C–N with tert-alkyl or cyclic N) is 1. The van der Waals surface area contributed by atoms with Gasteiger partial charge in [0, 0.05) is 13.1 Å². The number of carbonyl (C=O) groups excluding carboxylic acids is 1. The van der Waals surface area contributed by atoms with Crippen molar-refractivity contribution in [1.29, 1.82) is 0 Å². The van der Waals surface area contributed by atoms with Crippen molar-refractivity contribution in [3.63, 3.8) is 0 Å². The number of benzene rings is 2. The highest BCUT2D eigenvalue weighted by molar-refractivity contribution is 6.32. The van der Waals surface area contributed by atoms with E-state index in [4.69, 9.17) is 16.3 Å². The second kappa shape index (κ2) is 8.34. The summed E-state index contributed by atoms with van der Waals surface area (Å²) < 4.78 is 5.79. The standard InChI is InChI=1S/C19H21ClN2O3/c20-16-7-3-4-8-18(16)25-12-14-6-2-1-5-13(14)10-22-19(24)17-9-15(23)11-21-17/h1-8,15,17,21,23H,9-12H2,(H,22,24)/t15-,17+/m0/s1. The number of aliphatic hydroxyl groups is 1. The van der Waals surface area contributed by atoms with Crippen molar-refractivity contribution in [3.05, 3.63) is 64.7 Å². The summed E-state index contributed by atoms with van der Waals surface area (Å²) in [5.74, 6) is 0.533. The molecule has 1 aliphatic rings. The largest absolute Gasteiger partial charge is 0.487 e. The molecular formula is C19H21ClN2O3. The minimum absolute atomic E-state index is 0.0987. The van der Waals surface area contributed by atoms with Gasteiger partial charge in [-0.15, -0.1) is 0 Å². The molecule has 3 rings (SSSR count). The molecule has 2 atom stereocenters. The van der Waals surface area contributed by atoms with Crippen LogP contribution in [0.1, 0.15) is 17.5 Å². The molecular weight excluding hydrogens is 340 g/mol. The van der Waals surface area contributed by atoms with Crippen molar-refractivity contribution < 1.29 is 14.6 Å². The van der Waals surface area contributed by atoms with Gasteiger partial charge >= 0.3 is 0 Å². The van der Waals surface area contributed by atoms with Gasteiger partial charge in [-0.1, -0.05) is 48.0 Å². The first-order chi connectivity index (χ1) is 12.1. The molecule has 0 spiro atoms. The molecule has 0 bridgehead atoms. The Morgan fingerprint density at radius 2 is 1.92 bits per heavy atom. The highest BCUT2D eigenvalue weighted by atomic mass is 35.5. The van der Waals surface area contributed by atoms with Crippen LogP contribution in [-0.4, -0.2) is 29.7 Å². The summed E-state index contributed by atoms with van der Waals surface area (Å²) in [5, 5.41) is 16.0. The summed E-state index contributed by atoms with van der Waals surface area (Å²) in [6, 6.07) is 14.8.